The summed E-state index contributed by atoms with van der Waals surface area (Å²) in [7, 11) is 0. The number of carbonyl (C=O) groups is 2. The number of rotatable bonds is 4. The van der Waals surface area contributed by atoms with Crippen LogP contribution < -0.4 is 10.6 Å². The lowest BCUT2D eigenvalue weighted by atomic mass is 9.86. The van der Waals surface area contributed by atoms with Crippen molar-refractivity contribution in [2.24, 2.45) is 0 Å². The number of para-hydroxylation sites is 1. The molecule has 2 N–H and O–H groups in total. The monoisotopic (exact) mass is 338 g/mol. The van der Waals surface area contributed by atoms with Crippen LogP contribution in [0.2, 0.25) is 0 Å². The molecule has 4 nitrogen and oxygen atoms in total. The summed E-state index contributed by atoms with van der Waals surface area (Å²) in [6.45, 7) is 10.2. The molecule has 0 heterocycles. The lowest BCUT2D eigenvalue weighted by Gasteiger charge is -2.23. The Hall–Kier alpha value is -2.62. The van der Waals surface area contributed by atoms with Crippen LogP contribution in [-0.2, 0) is 15.0 Å². The summed E-state index contributed by atoms with van der Waals surface area (Å²) >= 11 is 0. The second-order valence-electron chi connectivity index (χ2n) is 7.32. The van der Waals surface area contributed by atoms with Crippen molar-refractivity contribution in [2.75, 3.05) is 10.6 Å². The number of carbonyl (C=O) groups excluding carboxylic acids is 2. The molecule has 0 saturated carbocycles. The van der Waals surface area contributed by atoms with Gasteiger partial charge in [-0.2, -0.15) is 0 Å². The maximum absolute atomic E-state index is 12.3. The Morgan fingerprint density at radius 3 is 2.04 bits per heavy atom. The quantitative estimate of drug-likeness (QED) is 0.802. The van der Waals surface area contributed by atoms with Crippen molar-refractivity contribution < 1.29 is 9.59 Å². The topological polar surface area (TPSA) is 58.2 Å². The van der Waals surface area contributed by atoms with E-state index in [0.29, 0.717) is 0 Å². The highest BCUT2D eigenvalue weighted by Gasteiger charge is 2.19. The molecule has 2 aromatic rings. The number of hydrogen-bond acceptors (Lipinski definition) is 2. The molecule has 0 aromatic heterocycles. The fourth-order valence-corrected chi connectivity index (χ4v) is 2.67. The van der Waals surface area contributed by atoms with Gasteiger partial charge in [0.25, 0.3) is 0 Å². The van der Waals surface area contributed by atoms with Crippen molar-refractivity contribution in [2.45, 2.75) is 46.5 Å². The predicted molar refractivity (Wildman–Crippen MR) is 103 cm³/mol. The molecule has 4 heteroatoms. The highest BCUT2D eigenvalue weighted by molar-refractivity contribution is 6.08. The molecular formula is C21H26N2O2. The van der Waals surface area contributed by atoms with Crippen molar-refractivity contribution >= 4 is 23.2 Å². The standard InChI is InChI=1S/C21H26N2O2/c1-14-9-8-12-17(15(14)2)22-19(24)13-20(25)23-18-11-7-6-10-16(18)21(3,4)5/h6-12H,13H2,1-5H3,(H,22,24)(H,23,25). The predicted octanol–water partition coefficient (Wildman–Crippen LogP) is 4.57. The van der Waals surface area contributed by atoms with E-state index in [1.54, 1.807) is 0 Å². The second kappa shape index (κ2) is 7.51. The molecule has 0 spiro atoms. The van der Waals surface area contributed by atoms with Gasteiger partial charge in [-0.3, -0.25) is 9.59 Å². The molecule has 0 aliphatic carbocycles. The van der Waals surface area contributed by atoms with Gasteiger partial charge in [0.15, 0.2) is 0 Å². The van der Waals surface area contributed by atoms with Crippen LogP contribution in [0.4, 0.5) is 11.4 Å². The van der Waals surface area contributed by atoms with Gasteiger partial charge in [0.1, 0.15) is 6.42 Å². The Bertz CT molecular complexity index is 789. The molecule has 2 rings (SSSR count). The Labute approximate surface area is 149 Å². The Balaban J connectivity index is 2.04. The zero-order valence-corrected chi connectivity index (χ0v) is 15.6. The van der Waals surface area contributed by atoms with E-state index < -0.39 is 0 Å². The first-order valence-corrected chi connectivity index (χ1v) is 8.44. The van der Waals surface area contributed by atoms with Crippen molar-refractivity contribution in [1.29, 1.82) is 0 Å². The third-order valence-corrected chi connectivity index (χ3v) is 4.21. The van der Waals surface area contributed by atoms with Crippen molar-refractivity contribution in [3.05, 3.63) is 59.2 Å². The zero-order chi connectivity index (χ0) is 18.6. The van der Waals surface area contributed by atoms with Gasteiger partial charge < -0.3 is 10.6 Å². The molecule has 0 unspecified atom stereocenters. The molecule has 132 valence electrons. The average molecular weight is 338 g/mol. The minimum absolute atomic E-state index is 0.0925. The summed E-state index contributed by atoms with van der Waals surface area (Å²) in [4.78, 5) is 24.5. The van der Waals surface area contributed by atoms with E-state index in [1.807, 2.05) is 56.3 Å². The van der Waals surface area contributed by atoms with Crippen LogP contribution in [0.25, 0.3) is 0 Å². The fraction of sp³-hybridized carbons (Fsp3) is 0.333. The molecule has 0 aliphatic heterocycles. The van der Waals surface area contributed by atoms with Gasteiger partial charge in [0.2, 0.25) is 11.8 Å². The molecule has 0 radical (unpaired) electrons. The summed E-state index contributed by atoms with van der Waals surface area (Å²) in [5.41, 5.74) is 4.55. The van der Waals surface area contributed by atoms with Gasteiger partial charge in [-0.05, 0) is 48.1 Å². The van der Waals surface area contributed by atoms with Gasteiger partial charge in [-0.1, -0.05) is 51.1 Å². The number of anilines is 2. The first-order valence-electron chi connectivity index (χ1n) is 8.44. The van der Waals surface area contributed by atoms with Crippen molar-refractivity contribution in [3.8, 4) is 0 Å². The van der Waals surface area contributed by atoms with Gasteiger partial charge >= 0.3 is 0 Å². The summed E-state index contributed by atoms with van der Waals surface area (Å²) in [5.74, 6) is -0.640. The van der Waals surface area contributed by atoms with Gasteiger partial charge in [-0.15, -0.1) is 0 Å². The number of benzene rings is 2. The van der Waals surface area contributed by atoms with Crippen LogP contribution >= 0.6 is 0 Å². The van der Waals surface area contributed by atoms with Gasteiger partial charge in [0.05, 0.1) is 0 Å². The third-order valence-electron chi connectivity index (χ3n) is 4.21. The minimum atomic E-state index is -0.320. The molecule has 0 saturated heterocycles. The van der Waals surface area contributed by atoms with Crippen LogP contribution in [0.15, 0.2) is 42.5 Å². The molecule has 2 amide bonds. The van der Waals surface area contributed by atoms with E-state index in [0.717, 1.165) is 28.1 Å². The van der Waals surface area contributed by atoms with Crippen LogP contribution in [0.5, 0.6) is 0 Å². The van der Waals surface area contributed by atoms with Crippen LogP contribution in [-0.4, -0.2) is 11.8 Å². The highest BCUT2D eigenvalue weighted by Crippen LogP contribution is 2.29. The van der Waals surface area contributed by atoms with Crippen LogP contribution in [0.3, 0.4) is 0 Å². The van der Waals surface area contributed by atoms with Crippen LogP contribution in [0, 0.1) is 13.8 Å². The molecule has 0 fully saturated rings. The molecule has 0 bridgehead atoms. The van der Waals surface area contributed by atoms with E-state index in [9.17, 15) is 9.59 Å². The largest absolute Gasteiger partial charge is 0.325 e. The van der Waals surface area contributed by atoms with Crippen molar-refractivity contribution in [1.82, 2.24) is 0 Å². The second-order valence-corrected chi connectivity index (χ2v) is 7.32. The fourth-order valence-electron chi connectivity index (χ4n) is 2.67. The Kier molecular flexibility index (Phi) is 5.62. The summed E-state index contributed by atoms with van der Waals surface area (Å²) in [6.07, 6.45) is -0.216. The highest BCUT2D eigenvalue weighted by atomic mass is 16.2. The smallest absolute Gasteiger partial charge is 0.233 e. The number of amides is 2. The first kappa shape index (κ1) is 18.7. The average Bonchev–Trinajstić information content (AvgIpc) is 2.51. The van der Waals surface area contributed by atoms with Crippen LogP contribution in [0.1, 0.15) is 43.9 Å². The lowest BCUT2D eigenvalue weighted by Crippen LogP contribution is -2.23. The summed E-state index contributed by atoms with van der Waals surface area (Å²) < 4.78 is 0. The maximum Gasteiger partial charge on any atom is 0.233 e. The van der Waals surface area contributed by atoms with Gasteiger partial charge in [0, 0.05) is 11.4 Å². The summed E-state index contributed by atoms with van der Waals surface area (Å²) in [5, 5.41) is 5.67. The number of nitrogens with one attached hydrogen (secondary N) is 2. The third kappa shape index (κ3) is 4.92. The van der Waals surface area contributed by atoms with E-state index in [4.69, 9.17) is 0 Å². The zero-order valence-electron chi connectivity index (χ0n) is 15.6. The van der Waals surface area contributed by atoms with E-state index >= 15 is 0 Å². The Morgan fingerprint density at radius 1 is 0.840 bits per heavy atom. The molecule has 25 heavy (non-hydrogen) atoms. The minimum Gasteiger partial charge on any atom is -0.325 e. The lowest BCUT2D eigenvalue weighted by molar-refractivity contribution is -0.123. The molecule has 0 aliphatic rings. The maximum atomic E-state index is 12.3. The molecule has 2 aromatic carbocycles. The number of hydrogen-bond donors (Lipinski definition) is 2. The number of aryl methyl sites for hydroxylation is 1. The first-order chi connectivity index (χ1) is 11.7. The summed E-state index contributed by atoms with van der Waals surface area (Å²) in [6, 6.07) is 13.4. The normalized spacial score (nSPS) is 11.1. The van der Waals surface area contributed by atoms with E-state index in [-0.39, 0.29) is 23.7 Å². The van der Waals surface area contributed by atoms with Crippen molar-refractivity contribution in [3.63, 3.8) is 0 Å². The van der Waals surface area contributed by atoms with E-state index in [2.05, 4.69) is 31.4 Å². The molecular weight excluding hydrogens is 312 g/mol. The Morgan fingerprint density at radius 2 is 1.40 bits per heavy atom. The molecule has 0 atom stereocenters. The SMILES string of the molecule is Cc1cccc(NC(=O)CC(=O)Nc2ccccc2C(C)(C)C)c1C. The van der Waals surface area contributed by atoms with Gasteiger partial charge in [-0.25, -0.2) is 0 Å². The van der Waals surface area contributed by atoms with E-state index in [1.165, 1.54) is 0 Å².